The molecule has 6 nitrogen and oxygen atoms in total. The summed E-state index contributed by atoms with van der Waals surface area (Å²) in [6.07, 6.45) is 2.16. The average Bonchev–Trinajstić information content (AvgIpc) is 2.41. The van der Waals surface area contributed by atoms with Gasteiger partial charge < -0.3 is 10.1 Å². The zero-order valence-electron chi connectivity index (χ0n) is 11.8. The molecule has 1 amide bonds. The summed E-state index contributed by atoms with van der Waals surface area (Å²) in [6.45, 7) is 0.312. The maximum absolute atomic E-state index is 11.7. The van der Waals surface area contributed by atoms with Gasteiger partial charge in [-0.3, -0.25) is 4.18 Å². The van der Waals surface area contributed by atoms with E-state index in [1.165, 1.54) is 0 Å². The topological polar surface area (TPSA) is 81.7 Å². The maximum Gasteiger partial charge on any atom is 0.407 e. The summed E-state index contributed by atoms with van der Waals surface area (Å²) in [7, 11) is -3.44. The van der Waals surface area contributed by atoms with Gasteiger partial charge in [-0.1, -0.05) is 30.3 Å². The standard InChI is InChI=1S/C14H19NO5S/c1-21(17,18)20-10-12-7-8-13(12)15-14(16)19-9-11-5-3-2-4-6-11/h2-6,12-13H,7-10H2,1H3,(H,15,16)/t12-,13-/m0/s1. The molecule has 7 heteroatoms. The minimum absolute atomic E-state index is 0.0176. The lowest BCUT2D eigenvalue weighted by molar-refractivity contribution is 0.101. The second kappa shape index (κ2) is 6.91. The first-order valence-electron chi connectivity index (χ1n) is 6.75. The average molecular weight is 313 g/mol. The van der Waals surface area contributed by atoms with Crippen molar-refractivity contribution in [1.82, 2.24) is 5.32 Å². The molecule has 0 radical (unpaired) electrons. The molecule has 1 saturated carbocycles. The molecule has 116 valence electrons. The van der Waals surface area contributed by atoms with Crippen molar-refractivity contribution in [2.75, 3.05) is 12.9 Å². The number of rotatable bonds is 6. The van der Waals surface area contributed by atoms with E-state index in [2.05, 4.69) is 5.32 Å². The van der Waals surface area contributed by atoms with Crippen molar-refractivity contribution in [2.24, 2.45) is 5.92 Å². The van der Waals surface area contributed by atoms with Crippen molar-refractivity contribution in [1.29, 1.82) is 0 Å². The van der Waals surface area contributed by atoms with Crippen LogP contribution in [0.4, 0.5) is 4.79 Å². The van der Waals surface area contributed by atoms with Crippen molar-refractivity contribution >= 4 is 16.2 Å². The first-order chi connectivity index (χ1) is 9.94. The molecule has 2 atom stereocenters. The van der Waals surface area contributed by atoms with E-state index in [1.807, 2.05) is 30.3 Å². The Hall–Kier alpha value is -1.60. The normalized spacial score (nSPS) is 21.4. The molecule has 1 aromatic carbocycles. The molecule has 1 aliphatic carbocycles. The number of amides is 1. The molecule has 1 N–H and O–H groups in total. The molecule has 1 fully saturated rings. The maximum atomic E-state index is 11.7. The highest BCUT2D eigenvalue weighted by atomic mass is 32.2. The Bertz CT molecular complexity index is 572. The third-order valence-electron chi connectivity index (χ3n) is 3.43. The summed E-state index contributed by atoms with van der Waals surface area (Å²) in [5.74, 6) is 0.0176. The lowest BCUT2D eigenvalue weighted by Crippen LogP contribution is -2.48. The molecule has 0 unspecified atom stereocenters. The van der Waals surface area contributed by atoms with Crippen LogP contribution in [0.5, 0.6) is 0 Å². The Morgan fingerprint density at radius 3 is 2.57 bits per heavy atom. The fraction of sp³-hybridized carbons (Fsp3) is 0.500. The summed E-state index contributed by atoms with van der Waals surface area (Å²) >= 11 is 0. The number of nitrogens with one attached hydrogen (secondary N) is 1. The van der Waals surface area contributed by atoms with Gasteiger partial charge in [0.1, 0.15) is 6.61 Å². The van der Waals surface area contributed by atoms with Crippen LogP contribution in [0.3, 0.4) is 0 Å². The van der Waals surface area contributed by atoms with E-state index in [1.54, 1.807) is 0 Å². The van der Waals surface area contributed by atoms with Gasteiger partial charge in [-0.05, 0) is 18.4 Å². The molecular formula is C14H19NO5S. The summed E-state index contributed by atoms with van der Waals surface area (Å²) in [5.41, 5.74) is 0.915. The van der Waals surface area contributed by atoms with Crippen LogP contribution in [0.25, 0.3) is 0 Å². The third kappa shape index (κ3) is 5.35. The minimum atomic E-state index is -3.44. The lowest BCUT2D eigenvalue weighted by Gasteiger charge is -2.36. The molecule has 0 spiro atoms. The highest BCUT2D eigenvalue weighted by molar-refractivity contribution is 7.85. The molecule has 0 saturated heterocycles. The molecular weight excluding hydrogens is 294 g/mol. The fourth-order valence-electron chi connectivity index (χ4n) is 2.09. The quantitative estimate of drug-likeness (QED) is 0.808. The highest BCUT2D eigenvalue weighted by Crippen LogP contribution is 2.28. The van der Waals surface area contributed by atoms with Crippen LogP contribution in [-0.4, -0.2) is 33.4 Å². The van der Waals surface area contributed by atoms with Gasteiger partial charge in [0, 0.05) is 12.0 Å². The molecule has 2 rings (SSSR count). The zero-order chi connectivity index (χ0) is 15.3. The lowest BCUT2D eigenvalue weighted by atomic mass is 9.80. The van der Waals surface area contributed by atoms with Crippen LogP contribution in [0.15, 0.2) is 30.3 Å². The number of benzene rings is 1. The van der Waals surface area contributed by atoms with Crippen molar-refractivity contribution in [3.63, 3.8) is 0 Å². The van der Waals surface area contributed by atoms with Crippen LogP contribution < -0.4 is 5.32 Å². The van der Waals surface area contributed by atoms with Crippen molar-refractivity contribution in [2.45, 2.75) is 25.5 Å². The number of ether oxygens (including phenoxy) is 1. The number of carbonyl (C=O) groups excluding carboxylic acids is 1. The summed E-state index contributed by atoms with van der Waals surface area (Å²) < 4.78 is 31.7. The van der Waals surface area contributed by atoms with Gasteiger partial charge in [0.15, 0.2) is 0 Å². The van der Waals surface area contributed by atoms with Crippen molar-refractivity contribution in [3.05, 3.63) is 35.9 Å². The highest BCUT2D eigenvalue weighted by Gasteiger charge is 2.33. The first-order valence-corrected chi connectivity index (χ1v) is 8.57. The summed E-state index contributed by atoms with van der Waals surface area (Å²) in [4.78, 5) is 11.7. The molecule has 0 aliphatic heterocycles. The Kier molecular flexibility index (Phi) is 5.19. The number of hydrogen-bond donors (Lipinski definition) is 1. The number of alkyl carbamates (subject to hydrolysis) is 1. The summed E-state index contributed by atoms with van der Waals surface area (Å²) in [5, 5.41) is 2.74. The van der Waals surface area contributed by atoms with Gasteiger partial charge >= 0.3 is 6.09 Å². The monoisotopic (exact) mass is 313 g/mol. The van der Waals surface area contributed by atoms with Gasteiger partial charge in [-0.2, -0.15) is 8.42 Å². The van der Waals surface area contributed by atoms with Crippen LogP contribution in [-0.2, 0) is 25.6 Å². The second-order valence-electron chi connectivity index (χ2n) is 5.14. The molecule has 21 heavy (non-hydrogen) atoms. The van der Waals surface area contributed by atoms with E-state index in [4.69, 9.17) is 8.92 Å². The third-order valence-corrected chi connectivity index (χ3v) is 3.99. The van der Waals surface area contributed by atoms with E-state index < -0.39 is 16.2 Å². The van der Waals surface area contributed by atoms with E-state index in [9.17, 15) is 13.2 Å². The molecule has 1 aliphatic rings. The van der Waals surface area contributed by atoms with Gasteiger partial charge in [-0.25, -0.2) is 4.79 Å². The molecule has 1 aromatic rings. The van der Waals surface area contributed by atoms with Gasteiger partial charge in [0.25, 0.3) is 10.1 Å². The van der Waals surface area contributed by atoms with Gasteiger partial charge in [0.05, 0.1) is 12.9 Å². The Labute approximate surface area is 124 Å². The Morgan fingerprint density at radius 2 is 2.00 bits per heavy atom. The predicted octanol–water partition coefficient (Wildman–Crippen LogP) is 1.67. The number of carbonyl (C=O) groups is 1. The predicted molar refractivity (Wildman–Crippen MR) is 77.1 cm³/mol. The molecule has 0 aromatic heterocycles. The minimum Gasteiger partial charge on any atom is -0.445 e. The summed E-state index contributed by atoms with van der Waals surface area (Å²) in [6, 6.07) is 9.31. The first kappa shape index (κ1) is 15.8. The fourth-order valence-corrected chi connectivity index (χ4v) is 2.51. The SMILES string of the molecule is CS(=O)(=O)OC[C@@H]1CC[C@@H]1NC(=O)OCc1ccccc1. The number of hydrogen-bond acceptors (Lipinski definition) is 5. The Balaban J connectivity index is 1.70. The molecule has 0 bridgehead atoms. The smallest absolute Gasteiger partial charge is 0.407 e. The zero-order valence-corrected chi connectivity index (χ0v) is 12.6. The van der Waals surface area contributed by atoms with E-state index in [-0.39, 0.29) is 25.2 Å². The molecule has 0 heterocycles. The second-order valence-corrected chi connectivity index (χ2v) is 6.78. The van der Waals surface area contributed by atoms with Crippen LogP contribution >= 0.6 is 0 Å². The van der Waals surface area contributed by atoms with E-state index in [0.717, 1.165) is 24.7 Å². The van der Waals surface area contributed by atoms with Crippen LogP contribution in [0.1, 0.15) is 18.4 Å². The largest absolute Gasteiger partial charge is 0.445 e. The van der Waals surface area contributed by atoms with Gasteiger partial charge in [-0.15, -0.1) is 0 Å². The van der Waals surface area contributed by atoms with Crippen LogP contribution in [0, 0.1) is 5.92 Å². The van der Waals surface area contributed by atoms with Crippen molar-refractivity contribution in [3.8, 4) is 0 Å². The van der Waals surface area contributed by atoms with Gasteiger partial charge in [0.2, 0.25) is 0 Å². The van der Waals surface area contributed by atoms with Crippen LogP contribution in [0.2, 0.25) is 0 Å². The van der Waals surface area contributed by atoms with E-state index >= 15 is 0 Å². The Morgan fingerprint density at radius 1 is 1.29 bits per heavy atom. The van der Waals surface area contributed by atoms with Crippen molar-refractivity contribution < 1.29 is 22.1 Å². The van der Waals surface area contributed by atoms with E-state index in [0.29, 0.717) is 0 Å².